The minimum absolute atomic E-state index is 0.225. The van der Waals surface area contributed by atoms with E-state index >= 15 is 0 Å². The predicted molar refractivity (Wildman–Crippen MR) is 194 cm³/mol. The zero-order valence-corrected chi connectivity index (χ0v) is 29.5. The van der Waals surface area contributed by atoms with Crippen molar-refractivity contribution in [1.82, 2.24) is 10.2 Å². The van der Waals surface area contributed by atoms with Crippen LogP contribution < -0.4 is 5.32 Å². The number of nitrogens with one attached hydrogen (secondary N) is 1. The second-order valence-electron chi connectivity index (χ2n) is 13.9. The molecule has 2 aliphatic rings. The van der Waals surface area contributed by atoms with Gasteiger partial charge in [-0.3, -0.25) is 9.79 Å². The van der Waals surface area contributed by atoms with Gasteiger partial charge in [0.2, 0.25) is 5.91 Å². The van der Waals surface area contributed by atoms with Crippen LogP contribution in [0.4, 0.5) is 0 Å². The average Bonchev–Trinajstić information content (AvgIpc) is 3.46. The van der Waals surface area contributed by atoms with Gasteiger partial charge in [0, 0.05) is 32.5 Å². The van der Waals surface area contributed by atoms with Crippen molar-refractivity contribution in [2.75, 3.05) is 26.2 Å². The first-order valence-electron chi connectivity index (χ1n) is 19.6. The van der Waals surface area contributed by atoms with Crippen LogP contribution in [0.2, 0.25) is 0 Å². The topological polar surface area (TPSA) is 44.7 Å². The van der Waals surface area contributed by atoms with Crippen molar-refractivity contribution in [3.05, 3.63) is 23.8 Å². The number of carbonyl (C=O) groups is 1. The Bertz CT molecular complexity index is 785. The lowest BCUT2D eigenvalue weighted by Gasteiger charge is -2.20. The maximum Gasteiger partial charge on any atom is 0.220 e. The van der Waals surface area contributed by atoms with Gasteiger partial charge in [-0.15, -0.1) is 0 Å². The molecule has 0 saturated heterocycles. The number of hydrogen-bond acceptors (Lipinski definition) is 3. The van der Waals surface area contributed by atoms with Crippen molar-refractivity contribution in [3.8, 4) is 0 Å². The summed E-state index contributed by atoms with van der Waals surface area (Å²) >= 11 is 0. The van der Waals surface area contributed by atoms with E-state index < -0.39 is 0 Å². The van der Waals surface area contributed by atoms with Gasteiger partial charge in [0.15, 0.2) is 0 Å². The van der Waals surface area contributed by atoms with Crippen LogP contribution in [0, 0.1) is 5.92 Å². The van der Waals surface area contributed by atoms with Crippen molar-refractivity contribution in [2.24, 2.45) is 10.9 Å². The number of aliphatic imine (C=N–C) groups is 1. The Morgan fingerprint density at radius 3 is 2.18 bits per heavy atom. The van der Waals surface area contributed by atoms with Crippen molar-refractivity contribution in [2.45, 2.75) is 187 Å². The third kappa shape index (κ3) is 20.5. The number of unbranched alkanes of at least 4 members (excludes halogenated alkanes) is 16. The first-order valence-corrected chi connectivity index (χ1v) is 19.6. The molecular weight excluding hydrogens is 538 g/mol. The van der Waals surface area contributed by atoms with Crippen LogP contribution in [0.3, 0.4) is 0 Å². The molecule has 1 unspecified atom stereocenters. The Balaban J connectivity index is 1.37. The van der Waals surface area contributed by atoms with Gasteiger partial charge in [-0.1, -0.05) is 128 Å². The first-order chi connectivity index (χ1) is 21.7. The molecule has 0 spiro atoms. The lowest BCUT2D eigenvalue weighted by molar-refractivity contribution is -0.121. The molecular formula is C40H73N3O. The van der Waals surface area contributed by atoms with Gasteiger partial charge in [-0.05, 0) is 76.5 Å². The highest BCUT2D eigenvalue weighted by atomic mass is 16.1. The molecule has 1 saturated carbocycles. The standard InChI is InChI=1S/C40H73N3O/c1-3-4-5-6-7-8-9-10-11-12-13-14-15-19-26-31-39-41-33-35-43(39)36-34-42-40(44)32-27-20-17-16-18-24-29-38-30-25-22-21-23-28-37(38)2/h10-11,29,37H,3-9,12-28,30-36H2,1-2H3,(H,42,44)/b11-10-,38-29+. The van der Waals surface area contributed by atoms with Crippen LogP contribution in [0.25, 0.3) is 0 Å². The summed E-state index contributed by atoms with van der Waals surface area (Å²) in [4.78, 5) is 19.5. The van der Waals surface area contributed by atoms with Crippen molar-refractivity contribution in [3.63, 3.8) is 0 Å². The summed E-state index contributed by atoms with van der Waals surface area (Å²) < 4.78 is 0. The van der Waals surface area contributed by atoms with Gasteiger partial charge in [0.1, 0.15) is 0 Å². The SMILES string of the molecule is CCCCCCCC/C=C\CCCCCCCC1=NCCN1CCNC(=O)CCCCCCC/C=C1\CCCCCCC1C. The summed E-state index contributed by atoms with van der Waals surface area (Å²) in [5.41, 5.74) is 1.73. The normalized spacial score (nSPS) is 18.6. The van der Waals surface area contributed by atoms with E-state index in [1.165, 1.54) is 160 Å². The van der Waals surface area contributed by atoms with Gasteiger partial charge in [-0.2, -0.15) is 0 Å². The quantitative estimate of drug-likeness (QED) is 0.0781. The molecule has 44 heavy (non-hydrogen) atoms. The van der Waals surface area contributed by atoms with Crippen molar-refractivity contribution < 1.29 is 4.79 Å². The molecule has 1 aliphatic carbocycles. The molecule has 1 heterocycles. The fourth-order valence-electron chi connectivity index (χ4n) is 6.90. The Labute approximate surface area is 274 Å². The Kier molecular flexibility index (Phi) is 24.3. The van der Waals surface area contributed by atoms with Crippen LogP contribution in [-0.4, -0.2) is 42.8 Å². The lowest BCUT2D eigenvalue weighted by atomic mass is 9.87. The Morgan fingerprint density at radius 2 is 1.43 bits per heavy atom. The molecule has 0 aromatic carbocycles. The number of allylic oxidation sites excluding steroid dienone is 4. The van der Waals surface area contributed by atoms with E-state index in [4.69, 9.17) is 4.99 Å². The van der Waals surface area contributed by atoms with Crippen molar-refractivity contribution >= 4 is 11.7 Å². The summed E-state index contributed by atoms with van der Waals surface area (Å²) in [7, 11) is 0. The number of rotatable bonds is 26. The number of nitrogens with zero attached hydrogens (tertiary/aromatic N) is 2. The minimum Gasteiger partial charge on any atom is -0.357 e. The number of hydrogen-bond donors (Lipinski definition) is 1. The molecule has 0 aromatic rings. The second kappa shape index (κ2) is 27.7. The smallest absolute Gasteiger partial charge is 0.220 e. The van der Waals surface area contributed by atoms with E-state index in [1.807, 2.05) is 0 Å². The van der Waals surface area contributed by atoms with Crippen LogP contribution in [0.5, 0.6) is 0 Å². The molecule has 0 aromatic heterocycles. The van der Waals surface area contributed by atoms with Gasteiger partial charge < -0.3 is 10.2 Å². The zero-order chi connectivity index (χ0) is 31.3. The molecule has 0 bridgehead atoms. The zero-order valence-electron chi connectivity index (χ0n) is 29.5. The summed E-state index contributed by atoms with van der Waals surface area (Å²) in [6, 6.07) is 0. The first kappa shape index (κ1) is 38.6. The van der Waals surface area contributed by atoms with Gasteiger partial charge in [0.05, 0.1) is 12.4 Å². The maximum absolute atomic E-state index is 12.3. The summed E-state index contributed by atoms with van der Waals surface area (Å²) in [5.74, 6) is 2.30. The fraction of sp³-hybridized carbons (Fsp3) is 0.850. The van der Waals surface area contributed by atoms with Crippen LogP contribution in [-0.2, 0) is 4.79 Å². The lowest BCUT2D eigenvalue weighted by Crippen LogP contribution is -2.36. The van der Waals surface area contributed by atoms with E-state index in [0.29, 0.717) is 6.42 Å². The number of amides is 1. The highest BCUT2D eigenvalue weighted by Crippen LogP contribution is 2.27. The second-order valence-corrected chi connectivity index (χ2v) is 13.9. The molecule has 1 N–H and O–H groups in total. The Morgan fingerprint density at radius 1 is 0.795 bits per heavy atom. The highest BCUT2D eigenvalue weighted by Gasteiger charge is 2.16. The summed E-state index contributed by atoms with van der Waals surface area (Å²) in [5, 5.41) is 3.16. The van der Waals surface area contributed by atoms with Gasteiger partial charge >= 0.3 is 0 Å². The molecule has 2 rings (SSSR count). The minimum atomic E-state index is 0.225. The average molecular weight is 612 g/mol. The van der Waals surface area contributed by atoms with Gasteiger partial charge in [-0.25, -0.2) is 0 Å². The Hall–Kier alpha value is -1.58. The van der Waals surface area contributed by atoms with Crippen molar-refractivity contribution in [1.29, 1.82) is 0 Å². The maximum atomic E-state index is 12.3. The number of amidine groups is 1. The van der Waals surface area contributed by atoms with Gasteiger partial charge in [0.25, 0.3) is 0 Å². The summed E-state index contributed by atoms with van der Waals surface area (Å²) in [6.07, 6.45) is 42.3. The molecule has 1 fully saturated rings. The largest absolute Gasteiger partial charge is 0.357 e. The predicted octanol–water partition coefficient (Wildman–Crippen LogP) is 11.5. The molecule has 1 aliphatic heterocycles. The molecule has 1 atom stereocenters. The van der Waals surface area contributed by atoms with Crippen LogP contribution in [0.1, 0.15) is 187 Å². The summed E-state index contributed by atoms with van der Waals surface area (Å²) in [6.45, 7) is 8.31. The fourth-order valence-corrected chi connectivity index (χ4v) is 6.90. The number of carbonyl (C=O) groups excluding carboxylic acids is 1. The molecule has 4 nitrogen and oxygen atoms in total. The molecule has 4 heteroatoms. The third-order valence-electron chi connectivity index (χ3n) is 9.90. The van der Waals surface area contributed by atoms with Crippen LogP contribution >= 0.6 is 0 Å². The van der Waals surface area contributed by atoms with E-state index in [-0.39, 0.29) is 5.91 Å². The molecule has 254 valence electrons. The van der Waals surface area contributed by atoms with E-state index in [0.717, 1.165) is 44.9 Å². The monoisotopic (exact) mass is 612 g/mol. The van der Waals surface area contributed by atoms with E-state index in [2.05, 4.69) is 42.3 Å². The molecule has 0 radical (unpaired) electrons. The third-order valence-corrected chi connectivity index (χ3v) is 9.90. The van der Waals surface area contributed by atoms with E-state index in [1.54, 1.807) is 5.57 Å². The van der Waals surface area contributed by atoms with E-state index in [9.17, 15) is 4.79 Å². The van der Waals surface area contributed by atoms with Crippen LogP contribution in [0.15, 0.2) is 28.8 Å². The highest BCUT2D eigenvalue weighted by molar-refractivity contribution is 5.83. The molecule has 1 amide bonds.